The number of halogens is 3. The van der Waals surface area contributed by atoms with E-state index in [2.05, 4.69) is 15.4 Å². The van der Waals surface area contributed by atoms with Gasteiger partial charge in [0, 0.05) is 13.6 Å². The van der Waals surface area contributed by atoms with Crippen molar-refractivity contribution in [1.29, 1.82) is 0 Å². The molecule has 0 aromatic carbocycles. The fourth-order valence-electron chi connectivity index (χ4n) is 1.85. The standard InChI is InChI=1S/C8H12F3N5/c1-16-6(12)14-5(15-16)7(8(9,10)11)2-3-13-4-7/h13H,2-4H2,1H3,(H2,12,14,15). The van der Waals surface area contributed by atoms with Gasteiger partial charge in [-0.15, -0.1) is 0 Å². The highest BCUT2D eigenvalue weighted by molar-refractivity contribution is 5.23. The van der Waals surface area contributed by atoms with Crippen molar-refractivity contribution in [2.45, 2.75) is 18.0 Å². The number of nitrogens with one attached hydrogen (secondary N) is 1. The quantitative estimate of drug-likeness (QED) is 0.729. The van der Waals surface area contributed by atoms with Gasteiger partial charge in [-0.05, 0) is 13.0 Å². The van der Waals surface area contributed by atoms with E-state index in [-0.39, 0.29) is 24.7 Å². The minimum Gasteiger partial charge on any atom is -0.368 e. The van der Waals surface area contributed by atoms with E-state index in [4.69, 9.17) is 5.73 Å². The zero-order valence-electron chi connectivity index (χ0n) is 8.67. The van der Waals surface area contributed by atoms with Gasteiger partial charge >= 0.3 is 6.18 Å². The molecule has 5 nitrogen and oxygen atoms in total. The van der Waals surface area contributed by atoms with Crippen LogP contribution in [0, 0.1) is 0 Å². The monoisotopic (exact) mass is 235 g/mol. The summed E-state index contributed by atoms with van der Waals surface area (Å²) < 4.78 is 40.4. The lowest BCUT2D eigenvalue weighted by Gasteiger charge is -2.27. The lowest BCUT2D eigenvalue weighted by molar-refractivity contribution is -0.187. The maximum atomic E-state index is 13.1. The second-order valence-corrected chi connectivity index (χ2v) is 3.92. The van der Waals surface area contributed by atoms with Crippen LogP contribution in [0.5, 0.6) is 0 Å². The van der Waals surface area contributed by atoms with Crippen LogP contribution >= 0.6 is 0 Å². The van der Waals surface area contributed by atoms with Crippen LogP contribution in [0.25, 0.3) is 0 Å². The number of aryl methyl sites for hydroxylation is 1. The minimum absolute atomic E-state index is 0.00877. The zero-order chi connectivity index (χ0) is 12.0. The third kappa shape index (κ3) is 1.44. The first kappa shape index (κ1) is 11.2. The van der Waals surface area contributed by atoms with Crippen molar-refractivity contribution in [3.05, 3.63) is 5.82 Å². The van der Waals surface area contributed by atoms with Gasteiger partial charge in [-0.1, -0.05) is 0 Å². The number of nitrogens with two attached hydrogens (primary N) is 1. The van der Waals surface area contributed by atoms with Crippen LogP contribution in [-0.2, 0) is 12.5 Å². The number of nitrogen functional groups attached to an aromatic ring is 1. The van der Waals surface area contributed by atoms with Gasteiger partial charge in [0.2, 0.25) is 5.95 Å². The summed E-state index contributed by atoms with van der Waals surface area (Å²) in [7, 11) is 1.47. The van der Waals surface area contributed by atoms with Gasteiger partial charge in [-0.25, -0.2) is 4.68 Å². The molecule has 1 aliphatic rings. The van der Waals surface area contributed by atoms with E-state index in [1.165, 1.54) is 7.05 Å². The zero-order valence-corrected chi connectivity index (χ0v) is 8.67. The number of aromatic nitrogens is 3. The van der Waals surface area contributed by atoms with E-state index in [0.717, 1.165) is 4.68 Å². The highest BCUT2D eigenvalue weighted by atomic mass is 19.4. The van der Waals surface area contributed by atoms with Gasteiger partial charge in [0.1, 0.15) is 5.41 Å². The topological polar surface area (TPSA) is 68.8 Å². The second-order valence-electron chi connectivity index (χ2n) is 3.92. The lowest BCUT2D eigenvalue weighted by atomic mass is 9.85. The fraction of sp³-hybridized carbons (Fsp3) is 0.750. The molecule has 1 unspecified atom stereocenters. The van der Waals surface area contributed by atoms with Crippen LogP contribution in [0.1, 0.15) is 12.2 Å². The molecule has 0 radical (unpaired) electrons. The number of nitrogens with zero attached hydrogens (tertiary/aromatic N) is 3. The fourth-order valence-corrected chi connectivity index (χ4v) is 1.85. The molecule has 0 bridgehead atoms. The normalized spacial score (nSPS) is 26.2. The summed E-state index contributed by atoms with van der Waals surface area (Å²) in [5.74, 6) is -0.254. The molecule has 1 atom stereocenters. The summed E-state index contributed by atoms with van der Waals surface area (Å²) in [5.41, 5.74) is 3.41. The van der Waals surface area contributed by atoms with Crippen molar-refractivity contribution >= 4 is 5.95 Å². The largest absolute Gasteiger partial charge is 0.402 e. The first-order valence-corrected chi connectivity index (χ1v) is 4.81. The molecular formula is C8H12F3N5. The van der Waals surface area contributed by atoms with E-state index in [1.54, 1.807) is 0 Å². The molecule has 1 aromatic rings. The Hall–Kier alpha value is -1.31. The molecule has 0 aliphatic carbocycles. The van der Waals surface area contributed by atoms with Crippen LogP contribution in [0.4, 0.5) is 19.1 Å². The Morgan fingerprint density at radius 3 is 2.56 bits per heavy atom. The summed E-state index contributed by atoms with van der Waals surface area (Å²) in [6, 6.07) is 0. The number of anilines is 1. The van der Waals surface area contributed by atoms with Crippen molar-refractivity contribution in [2.24, 2.45) is 7.05 Å². The van der Waals surface area contributed by atoms with Gasteiger partial charge in [-0.2, -0.15) is 23.3 Å². The molecule has 2 heterocycles. The Balaban J connectivity index is 2.48. The van der Waals surface area contributed by atoms with Gasteiger partial charge in [-0.3, -0.25) is 0 Å². The van der Waals surface area contributed by atoms with Crippen molar-refractivity contribution in [1.82, 2.24) is 20.1 Å². The molecule has 90 valence electrons. The summed E-state index contributed by atoms with van der Waals surface area (Å²) in [5, 5.41) is 6.45. The van der Waals surface area contributed by atoms with Gasteiger partial charge in [0.25, 0.3) is 0 Å². The Labute approximate surface area is 89.8 Å². The van der Waals surface area contributed by atoms with Crippen LogP contribution in [0.2, 0.25) is 0 Å². The van der Waals surface area contributed by atoms with Crippen molar-refractivity contribution < 1.29 is 13.2 Å². The van der Waals surface area contributed by atoms with Crippen molar-refractivity contribution in [3.8, 4) is 0 Å². The van der Waals surface area contributed by atoms with Crippen LogP contribution in [-0.4, -0.2) is 34.0 Å². The Kier molecular flexibility index (Phi) is 2.33. The Bertz CT molecular complexity index is 371. The molecule has 1 saturated heterocycles. The molecule has 1 fully saturated rings. The highest BCUT2D eigenvalue weighted by Gasteiger charge is 2.60. The van der Waals surface area contributed by atoms with Crippen LogP contribution in [0.15, 0.2) is 0 Å². The van der Waals surface area contributed by atoms with Crippen molar-refractivity contribution in [2.75, 3.05) is 18.8 Å². The third-order valence-corrected chi connectivity index (χ3v) is 2.92. The second kappa shape index (κ2) is 3.34. The highest BCUT2D eigenvalue weighted by Crippen LogP contribution is 2.44. The summed E-state index contributed by atoms with van der Waals surface area (Å²) in [6.45, 7) is 0.109. The van der Waals surface area contributed by atoms with E-state index in [0.29, 0.717) is 6.54 Å². The predicted octanol–water partition coefficient (Wildman–Crippen LogP) is 0.191. The summed E-state index contributed by atoms with van der Waals surface area (Å²) >= 11 is 0. The number of rotatable bonds is 1. The SMILES string of the molecule is Cn1nc(C2(C(F)(F)F)CCNC2)nc1N. The average Bonchev–Trinajstić information content (AvgIpc) is 2.73. The predicted molar refractivity (Wildman–Crippen MR) is 50.6 cm³/mol. The lowest BCUT2D eigenvalue weighted by Crippen LogP contribution is -2.45. The number of alkyl halides is 3. The molecule has 0 spiro atoms. The van der Waals surface area contributed by atoms with Crippen LogP contribution < -0.4 is 11.1 Å². The molecule has 3 N–H and O–H groups in total. The maximum Gasteiger partial charge on any atom is 0.402 e. The first-order valence-electron chi connectivity index (χ1n) is 4.81. The molecule has 0 saturated carbocycles. The molecule has 1 aromatic heterocycles. The summed E-state index contributed by atoms with van der Waals surface area (Å²) in [6.07, 6.45) is -4.43. The molecular weight excluding hydrogens is 223 g/mol. The van der Waals surface area contributed by atoms with E-state index in [1.807, 2.05) is 0 Å². The Morgan fingerprint density at radius 2 is 2.19 bits per heavy atom. The van der Waals surface area contributed by atoms with Gasteiger partial charge in [0.05, 0.1) is 0 Å². The molecule has 2 rings (SSSR count). The van der Waals surface area contributed by atoms with Crippen molar-refractivity contribution in [3.63, 3.8) is 0 Å². The van der Waals surface area contributed by atoms with Gasteiger partial charge in [0.15, 0.2) is 5.82 Å². The number of hydrogen-bond acceptors (Lipinski definition) is 4. The molecule has 16 heavy (non-hydrogen) atoms. The minimum atomic E-state index is -4.37. The summed E-state index contributed by atoms with van der Waals surface area (Å²) in [4.78, 5) is 3.70. The van der Waals surface area contributed by atoms with E-state index >= 15 is 0 Å². The maximum absolute atomic E-state index is 13.1. The average molecular weight is 235 g/mol. The first-order chi connectivity index (χ1) is 7.37. The molecule has 0 amide bonds. The molecule has 8 heteroatoms. The van der Waals surface area contributed by atoms with Crippen LogP contribution in [0.3, 0.4) is 0 Å². The number of hydrogen-bond donors (Lipinski definition) is 2. The third-order valence-electron chi connectivity index (χ3n) is 2.92. The van der Waals surface area contributed by atoms with Gasteiger partial charge < -0.3 is 11.1 Å². The van der Waals surface area contributed by atoms with E-state index < -0.39 is 11.6 Å². The van der Waals surface area contributed by atoms with E-state index in [9.17, 15) is 13.2 Å². The Morgan fingerprint density at radius 1 is 1.50 bits per heavy atom. The molecule has 1 aliphatic heterocycles. The smallest absolute Gasteiger partial charge is 0.368 e.